The van der Waals surface area contributed by atoms with Gasteiger partial charge >= 0.3 is 0 Å². The van der Waals surface area contributed by atoms with Crippen LogP contribution < -0.4 is 0 Å². The van der Waals surface area contributed by atoms with Crippen LogP contribution in [0.4, 0.5) is 0 Å². The Morgan fingerprint density at radius 1 is 1.33 bits per heavy atom. The van der Waals surface area contributed by atoms with Gasteiger partial charge in [0.1, 0.15) is 0 Å². The summed E-state index contributed by atoms with van der Waals surface area (Å²) in [5.74, 6) is 0. The van der Waals surface area contributed by atoms with Gasteiger partial charge in [0.15, 0.2) is 6.23 Å². The van der Waals surface area contributed by atoms with E-state index in [-0.39, 0.29) is 6.23 Å². The lowest BCUT2D eigenvalue weighted by Crippen LogP contribution is -2.18. The molecule has 1 fully saturated rings. The molecule has 1 aliphatic heterocycles. The lowest BCUT2D eigenvalue weighted by Gasteiger charge is -2.15. The smallest absolute Gasteiger partial charge is 0.158 e. The molecule has 1 aliphatic rings. The van der Waals surface area contributed by atoms with Crippen LogP contribution in [0.25, 0.3) is 0 Å². The van der Waals surface area contributed by atoms with Gasteiger partial charge < -0.3 is 9.94 Å². The summed E-state index contributed by atoms with van der Waals surface area (Å²) >= 11 is 0. The average molecular weight is 165 g/mol. The zero-order chi connectivity index (χ0) is 8.39. The van der Waals surface area contributed by atoms with Crippen molar-refractivity contribution >= 4 is 0 Å². The number of hydroxylamine groups is 2. The van der Waals surface area contributed by atoms with Gasteiger partial charge in [0.25, 0.3) is 0 Å². The maximum absolute atomic E-state index is 9.35. The van der Waals surface area contributed by atoms with Crippen LogP contribution in [0.2, 0.25) is 0 Å². The number of hydrogen-bond acceptors (Lipinski definition) is 3. The van der Waals surface area contributed by atoms with Crippen LogP contribution in [0.3, 0.4) is 0 Å². The van der Waals surface area contributed by atoms with E-state index in [1.54, 1.807) is 0 Å². The summed E-state index contributed by atoms with van der Waals surface area (Å²) in [6.07, 6.45) is -0.272. The molecule has 1 unspecified atom stereocenters. The first-order chi connectivity index (χ1) is 5.88. The molecule has 0 saturated carbocycles. The molecule has 0 radical (unpaired) electrons. The summed E-state index contributed by atoms with van der Waals surface area (Å²) in [7, 11) is 0. The van der Waals surface area contributed by atoms with Gasteiger partial charge in [-0.25, -0.2) is 0 Å². The Bertz CT molecular complexity index is 250. The molecule has 0 aromatic heterocycles. The first-order valence-corrected chi connectivity index (χ1v) is 4.00. The molecule has 1 saturated heterocycles. The van der Waals surface area contributed by atoms with E-state index in [1.165, 1.54) is 5.06 Å². The molecule has 0 aliphatic carbocycles. The van der Waals surface area contributed by atoms with Crippen molar-refractivity contribution in [2.24, 2.45) is 0 Å². The molecule has 0 spiro atoms. The summed E-state index contributed by atoms with van der Waals surface area (Å²) < 4.78 is 5.33. The van der Waals surface area contributed by atoms with Crippen LogP contribution in [0.5, 0.6) is 0 Å². The van der Waals surface area contributed by atoms with Crippen molar-refractivity contribution in [3.63, 3.8) is 0 Å². The lowest BCUT2D eigenvalue weighted by atomic mass is 10.2. The Morgan fingerprint density at radius 3 is 2.67 bits per heavy atom. The monoisotopic (exact) mass is 165 g/mol. The van der Waals surface area contributed by atoms with Crippen molar-refractivity contribution in [2.75, 3.05) is 13.2 Å². The molecule has 3 heteroatoms. The number of benzene rings is 1. The van der Waals surface area contributed by atoms with Gasteiger partial charge in [0.05, 0.1) is 13.2 Å². The van der Waals surface area contributed by atoms with Crippen molar-refractivity contribution in [1.29, 1.82) is 0 Å². The molecule has 1 aromatic rings. The predicted molar refractivity (Wildman–Crippen MR) is 43.6 cm³/mol. The first-order valence-electron chi connectivity index (χ1n) is 4.00. The fourth-order valence-corrected chi connectivity index (χ4v) is 1.35. The third-order valence-corrected chi connectivity index (χ3v) is 1.95. The van der Waals surface area contributed by atoms with Crippen molar-refractivity contribution < 1.29 is 9.94 Å². The second kappa shape index (κ2) is 3.23. The number of ether oxygens (including phenoxy) is 1. The van der Waals surface area contributed by atoms with Crippen LogP contribution in [0, 0.1) is 0 Å². The van der Waals surface area contributed by atoms with Gasteiger partial charge in [-0.15, -0.1) is 0 Å². The summed E-state index contributed by atoms with van der Waals surface area (Å²) in [5, 5.41) is 10.6. The van der Waals surface area contributed by atoms with Crippen LogP contribution in [-0.4, -0.2) is 23.4 Å². The van der Waals surface area contributed by atoms with E-state index in [2.05, 4.69) is 0 Å². The van der Waals surface area contributed by atoms with Crippen molar-refractivity contribution in [2.45, 2.75) is 6.23 Å². The zero-order valence-corrected chi connectivity index (χ0v) is 6.68. The highest BCUT2D eigenvalue weighted by molar-refractivity contribution is 5.17. The van der Waals surface area contributed by atoms with E-state index >= 15 is 0 Å². The standard InChI is InChI=1S/C9H11NO2/c11-10-6-7-12-9(10)8-4-2-1-3-5-8/h1-5,9,11H,6-7H2. The first kappa shape index (κ1) is 7.73. The molecule has 0 bridgehead atoms. The molecule has 3 nitrogen and oxygen atoms in total. The van der Waals surface area contributed by atoms with Crippen LogP contribution >= 0.6 is 0 Å². The minimum absolute atomic E-state index is 0.272. The maximum Gasteiger partial charge on any atom is 0.158 e. The van der Waals surface area contributed by atoms with Gasteiger partial charge in [-0.2, -0.15) is 5.06 Å². The van der Waals surface area contributed by atoms with Crippen molar-refractivity contribution in [1.82, 2.24) is 5.06 Å². The fraction of sp³-hybridized carbons (Fsp3) is 0.333. The number of nitrogens with zero attached hydrogens (tertiary/aromatic N) is 1. The van der Waals surface area contributed by atoms with E-state index in [4.69, 9.17) is 4.74 Å². The van der Waals surface area contributed by atoms with E-state index in [9.17, 15) is 5.21 Å². The molecule has 1 N–H and O–H groups in total. The van der Waals surface area contributed by atoms with Gasteiger partial charge in [-0.05, 0) is 5.56 Å². The SMILES string of the molecule is ON1CCOC1c1ccccc1. The Morgan fingerprint density at radius 2 is 2.08 bits per heavy atom. The molecule has 2 rings (SSSR count). The Hall–Kier alpha value is -0.900. The second-order valence-corrected chi connectivity index (χ2v) is 2.80. The van der Waals surface area contributed by atoms with E-state index < -0.39 is 0 Å². The van der Waals surface area contributed by atoms with E-state index in [1.807, 2.05) is 30.3 Å². The summed E-state index contributed by atoms with van der Waals surface area (Å²) in [6.45, 7) is 1.18. The van der Waals surface area contributed by atoms with Gasteiger partial charge in [0.2, 0.25) is 0 Å². The third kappa shape index (κ3) is 1.34. The minimum Gasteiger partial charge on any atom is -0.355 e. The zero-order valence-electron chi connectivity index (χ0n) is 6.68. The Balaban J connectivity index is 2.19. The quantitative estimate of drug-likeness (QED) is 0.682. The molecule has 1 heterocycles. The normalized spacial score (nSPS) is 24.6. The molecular weight excluding hydrogens is 154 g/mol. The molecule has 12 heavy (non-hydrogen) atoms. The molecule has 1 aromatic carbocycles. The summed E-state index contributed by atoms with van der Waals surface area (Å²) in [5.41, 5.74) is 0.998. The van der Waals surface area contributed by atoms with Gasteiger partial charge in [0, 0.05) is 0 Å². The van der Waals surface area contributed by atoms with Gasteiger partial charge in [-0.1, -0.05) is 30.3 Å². The third-order valence-electron chi connectivity index (χ3n) is 1.95. The second-order valence-electron chi connectivity index (χ2n) is 2.80. The average Bonchev–Trinajstić information content (AvgIpc) is 2.53. The van der Waals surface area contributed by atoms with Crippen molar-refractivity contribution in [3.8, 4) is 0 Å². The largest absolute Gasteiger partial charge is 0.355 e. The van der Waals surface area contributed by atoms with Crippen LogP contribution in [-0.2, 0) is 4.74 Å². The Kier molecular flexibility index (Phi) is 2.08. The highest BCUT2D eigenvalue weighted by Gasteiger charge is 2.24. The maximum atomic E-state index is 9.35. The highest BCUT2D eigenvalue weighted by atomic mass is 16.6. The lowest BCUT2D eigenvalue weighted by molar-refractivity contribution is -0.156. The molecule has 64 valence electrons. The minimum atomic E-state index is -0.272. The molecule has 0 amide bonds. The topological polar surface area (TPSA) is 32.7 Å². The molecular formula is C9H11NO2. The summed E-state index contributed by atoms with van der Waals surface area (Å²) in [4.78, 5) is 0. The van der Waals surface area contributed by atoms with Crippen LogP contribution in [0.1, 0.15) is 11.8 Å². The van der Waals surface area contributed by atoms with E-state index in [0.717, 1.165) is 5.56 Å². The summed E-state index contributed by atoms with van der Waals surface area (Å²) in [6, 6.07) is 9.70. The van der Waals surface area contributed by atoms with Crippen molar-refractivity contribution in [3.05, 3.63) is 35.9 Å². The number of rotatable bonds is 1. The number of hydrogen-bond donors (Lipinski definition) is 1. The predicted octanol–water partition coefficient (Wildman–Crippen LogP) is 1.41. The molecule has 1 atom stereocenters. The van der Waals surface area contributed by atoms with Crippen LogP contribution in [0.15, 0.2) is 30.3 Å². The van der Waals surface area contributed by atoms with E-state index in [0.29, 0.717) is 13.2 Å². The fourth-order valence-electron chi connectivity index (χ4n) is 1.35. The highest BCUT2D eigenvalue weighted by Crippen LogP contribution is 2.23. The van der Waals surface area contributed by atoms with Gasteiger partial charge in [-0.3, -0.25) is 0 Å². The Labute approximate surface area is 71.1 Å².